The molecule has 1 saturated heterocycles. The molecule has 31 heavy (non-hydrogen) atoms. The second-order valence-electron chi connectivity index (χ2n) is 7.09. The number of aromatic nitrogens is 1. The largest absolute Gasteiger partial charge is 0.346 e. The van der Waals surface area contributed by atoms with Gasteiger partial charge in [-0.3, -0.25) is 9.52 Å². The molecule has 1 aliphatic heterocycles. The fourth-order valence-electron chi connectivity index (χ4n) is 3.43. The summed E-state index contributed by atoms with van der Waals surface area (Å²) in [6.45, 7) is 2.68. The molecule has 0 aliphatic carbocycles. The van der Waals surface area contributed by atoms with Gasteiger partial charge in [0.2, 0.25) is 0 Å². The van der Waals surface area contributed by atoms with Crippen molar-refractivity contribution in [2.24, 2.45) is 0 Å². The second kappa shape index (κ2) is 9.25. The van der Waals surface area contributed by atoms with Gasteiger partial charge < -0.3 is 9.80 Å². The lowest BCUT2D eigenvalue weighted by Gasteiger charge is -2.22. The molecule has 7 nitrogen and oxygen atoms in total. The minimum atomic E-state index is -3.86. The van der Waals surface area contributed by atoms with E-state index in [2.05, 4.69) is 14.6 Å². The second-order valence-corrected chi connectivity index (χ2v) is 10.1. The van der Waals surface area contributed by atoms with E-state index in [-0.39, 0.29) is 10.8 Å². The van der Waals surface area contributed by atoms with Crippen molar-refractivity contribution in [1.29, 1.82) is 0 Å². The molecule has 0 bridgehead atoms. The number of benzene rings is 2. The van der Waals surface area contributed by atoms with Crippen LogP contribution in [-0.4, -0.2) is 50.4 Å². The number of amides is 1. The van der Waals surface area contributed by atoms with Crippen LogP contribution < -0.4 is 9.62 Å². The molecule has 1 amide bonds. The summed E-state index contributed by atoms with van der Waals surface area (Å²) in [5, 5.41) is 3.32. The molecule has 1 aliphatic rings. The number of nitrogens with zero attached hydrogens (tertiary/aromatic N) is 3. The summed E-state index contributed by atoms with van der Waals surface area (Å²) in [5.41, 5.74) is 0.704. The van der Waals surface area contributed by atoms with E-state index in [0.717, 1.165) is 18.1 Å². The van der Waals surface area contributed by atoms with Crippen LogP contribution in [0.4, 0.5) is 10.8 Å². The summed E-state index contributed by atoms with van der Waals surface area (Å²) in [4.78, 5) is 21.4. The van der Waals surface area contributed by atoms with Gasteiger partial charge in [-0.25, -0.2) is 13.4 Å². The van der Waals surface area contributed by atoms with Gasteiger partial charge in [0.25, 0.3) is 15.9 Å². The van der Waals surface area contributed by atoms with Gasteiger partial charge in [0.05, 0.1) is 10.6 Å². The number of sulfonamides is 1. The predicted molar refractivity (Wildman–Crippen MR) is 124 cm³/mol. The predicted octanol–water partition coefficient (Wildman–Crippen LogP) is 3.95. The van der Waals surface area contributed by atoms with E-state index in [4.69, 9.17) is 11.6 Å². The maximum Gasteiger partial charge on any atom is 0.261 e. The third-order valence-electron chi connectivity index (χ3n) is 4.94. The normalized spacial score (nSPS) is 14.9. The zero-order chi connectivity index (χ0) is 21.8. The SMILES string of the molecule is O=C(c1cccc(S(=O)(=O)Nc2cccc(Cl)c2)c1)N1CCCN(c2nccs2)CC1. The highest BCUT2D eigenvalue weighted by Gasteiger charge is 2.23. The van der Waals surface area contributed by atoms with Gasteiger partial charge in [-0.05, 0) is 42.8 Å². The first-order valence-electron chi connectivity index (χ1n) is 9.74. The zero-order valence-corrected chi connectivity index (χ0v) is 19.0. The van der Waals surface area contributed by atoms with Crippen LogP contribution in [0.2, 0.25) is 5.02 Å². The van der Waals surface area contributed by atoms with Crippen molar-refractivity contribution in [3.63, 3.8) is 0 Å². The third kappa shape index (κ3) is 5.17. The highest BCUT2D eigenvalue weighted by atomic mass is 35.5. The van der Waals surface area contributed by atoms with E-state index in [1.807, 2.05) is 5.38 Å². The van der Waals surface area contributed by atoms with E-state index in [9.17, 15) is 13.2 Å². The van der Waals surface area contributed by atoms with E-state index in [0.29, 0.717) is 35.9 Å². The van der Waals surface area contributed by atoms with Gasteiger partial charge in [0.15, 0.2) is 5.13 Å². The van der Waals surface area contributed by atoms with E-state index in [1.54, 1.807) is 52.8 Å². The van der Waals surface area contributed by atoms with Gasteiger partial charge in [-0.1, -0.05) is 23.7 Å². The standard InChI is InChI=1S/C21H21ClN4O3S2/c22-17-5-2-6-18(15-17)24-31(28,29)19-7-1-4-16(14-19)20(27)25-9-3-10-26(12-11-25)21-23-8-13-30-21/h1-2,4-8,13-15,24H,3,9-12H2. The Morgan fingerprint density at radius 3 is 2.68 bits per heavy atom. The Balaban J connectivity index is 1.49. The number of rotatable bonds is 5. The Hall–Kier alpha value is -2.62. The topological polar surface area (TPSA) is 82.6 Å². The first-order valence-corrected chi connectivity index (χ1v) is 12.5. The Morgan fingerprint density at radius 1 is 1.06 bits per heavy atom. The third-order valence-corrected chi connectivity index (χ3v) is 7.39. The van der Waals surface area contributed by atoms with Gasteiger partial charge in [0.1, 0.15) is 0 Å². The lowest BCUT2D eigenvalue weighted by atomic mass is 10.2. The molecule has 10 heteroatoms. The van der Waals surface area contributed by atoms with Crippen LogP contribution in [0.15, 0.2) is 65.0 Å². The zero-order valence-electron chi connectivity index (χ0n) is 16.6. The molecule has 2 heterocycles. The molecule has 0 saturated carbocycles. The fraction of sp³-hybridized carbons (Fsp3) is 0.238. The molecule has 4 rings (SSSR count). The number of hydrogen-bond acceptors (Lipinski definition) is 6. The van der Waals surface area contributed by atoms with Gasteiger partial charge in [-0.15, -0.1) is 11.3 Å². The maximum atomic E-state index is 13.1. The van der Waals surface area contributed by atoms with E-state index >= 15 is 0 Å². The van der Waals surface area contributed by atoms with Gasteiger partial charge >= 0.3 is 0 Å². The Morgan fingerprint density at radius 2 is 1.90 bits per heavy atom. The Bertz CT molecular complexity index is 1170. The van der Waals surface area contributed by atoms with Crippen LogP contribution in [0.25, 0.3) is 0 Å². The van der Waals surface area contributed by atoms with E-state index < -0.39 is 10.0 Å². The van der Waals surface area contributed by atoms with Crippen LogP contribution in [0.5, 0.6) is 0 Å². The Labute approximate surface area is 190 Å². The molecule has 2 aromatic carbocycles. The number of carbonyl (C=O) groups excluding carboxylic acids is 1. The van der Waals surface area contributed by atoms with Crippen molar-refractivity contribution in [3.8, 4) is 0 Å². The number of carbonyl (C=O) groups is 1. The van der Waals surface area contributed by atoms with Crippen molar-refractivity contribution >= 4 is 49.7 Å². The molecule has 0 atom stereocenters. The summed E-state index contributed by atoms with van der Waals surface area (Å²) in [5.74, 6) is -0.180. The molecule has 0 unspecified atom stereocenters. The lowest BCUT2D eigenvalue weighted by molar-refractivity contribution is 0.0767. The van der Waals surface area contributed by atoms with Crippen molar-refractivity contribution in [1.82, 2.24) is 9.88 Å². The fourth-order valence-corrected chi connectivity index (χ4v) is 5.41. The van der Waals surface area contributed by atoms with Crippen LogP contribution in [0.1, 0.15) is 16.8 Å². The highest BCUT2D eigenvalue weighted by molar-refractivity contribution is 7.92. The first kappa shape index (κ1) is 21.6. The molecule has 3 aromatic rings. The van der Waals surface area contributed by atoms with Crippen molar-refractivity contribution < 1.29 is 13.2 Å². The molecule has 0 spiro atoms. The average Bonchev–Trinajstić information content (AvgIpc) is 3.18. The quantitative estimate of drug-likeness (QED) is 0.603. The monoisotopic (exact) mass is 476 g/mol. The molecular weight excluding hydrogens is 456 g/mol. The minimum absolute atomic E-state index is 0.0255. The highest BCUT2D eigenvalue weighted by Crippen LogP contribution is 2.22. The number of anilines is 2. The Kier molecular flexibility index (Phi) is 6.45. The molecule has 0 radical (unpaired) electrons. The molecule has 1 N–H and O–H groups in total. The van der Waals surface area contributed by atoms with Gasteiger partial charge in [-0.2, -0.15) is 0 Å². The number of nitrogens with one attached hydrogen (secondary N) is 1. The number of hydrogen-bond donors (Lipinski definition) is 1. The van der Waals surface area contributed by atoms with Crippen molar-refractivity contribution in [2.75, 3.05) is 35.8 Å². The summed E-state index contributed by atoms with van der Waals surface area (Å²) in [6.07, 6.45) is 2.59. The smallest absolute Gasteiger partial charge is 0.261 e. The van der Waals surface area contributed by atoms with Gasteiger partial charge in [0, 0.05) is 48.3 Å². The lowest BCUT2D eigenvalue weighted by Crippen LogP contribution is -2.35. The minimum Gasteiger partial charge on any atom is -0.346 e. The molecular formula is C21H21ClN4O3S2. The number of thiazole rings is 1. The summed E-state index contributed by atoms with van der Waals surface area (Å²) < 4.78 is 28.1. The van der Waals surface area contributed by atoms with Crippen molar-refractivity contribution in [3.05, 3.63) is 70.7 Å². The van der Waals surface area contributed by atoms with Crippen molar-refractivity contribution in [2.45, 2.75) is 11.3 Å². The van der Waals surface area contributed by atoms with Crippen LogP contribution in [-0.2, 0) is 10.0 Å². The number of halogens is 1. The van der Waals surface area contributed by atoms with E-state index in [1.165, 1.54) is 18.2 Å². The van der Waals surface area contributed by atoms with Crippen LogP contribution in [0.3, 0.4) is 0 Å². The molecule has 1 fully saturated rings. The average molecular weight is 477 g/mol. The summed E-state index contributed by atoms with van der Waals surface area (Å²) in [6, 6.07) is 12.6. The van der Waals surface area contributed by atoms with Crippen LogP contribution in [0, 0.1) is 0 Å². The molecule has 162 valence electrons. The summed E-state index contributed by atoms with van der Waals surface area (Å²) in [7, 11) is -3.86. The summed E-state index contributed by atoms with van der Waals surface area (Å²) >= 11 is 7.52. The molecule has 1 aromatic heterocycles. The van der Waals surface area contributed by atoms with Crippen LogP contribution >= 0.6 is 22.9 Å². The first-order chi connectivity index (χ1) is 14.9. The maximum absolute atomic E-state index is 13.1.